The van der Waals surface area contributed by atoms with E-state index in [1.54, 1.807) is 18.2 Å². The van der Waals surface area contributed by atoms with Gasteiger partial charge < -0.3 is 5.32 Å². The van der Waals surface area contributed by atoms with Crippen LogP contribution in [-0.2, 0) is 14.8 Å². The number of benzene rings is 2. The maximum absolute atomic E-state index is 13.9. The predicted molar refractivity (Wildman–Crippen MR) is 93.4 cm³/mol. The van der Waals surface area contributed by atoms with Crippen molar-refractivity contribution in [3.63, 3.8) is 0 Å². The molecule has 1 heterocycles. The summed E-state index contributed by atoms with van der Waals surface area (Å²) in [5.41, 5.74) is -0.0293. The van der Waals surface area contributed by atoms with Crippen molar-refractivity contribution in [2.24, 2.45) is 0 Å². The predicted octanol–water partition coefficient (Wildman–Crippen LogP) is 3.27. The van der Waals surface area contributed by atoms with Crippen LogP contribution in [0.1, 0.15) is 12.8 Å². The van der Waals surface area contributed by atoms with Gasteiger partial charge in [-0.05, 0) is 43.2 Å². The van der Waals surface area contributed by atoms with Gasteiger partial charge in [-0.25, -0.2) is 12.8 Å². The molecule has 0 aromatic heterocycles. The molecule has 2 aromatic rings. The summed E-state index contributed by atoms with van der Waals surface area (Å²) in [6.07, 6.45) is 0.945. The van der Waals surface area contributed by atoms with E-state index in [4.69, 9.17) is 11.6 Å². The molecular formula is C17H16ClFN2O3S. The fourth-order valence-corrected chi connectivity index (χ4v) is 4.66. The molecular weight excluding hydrogens is 367 g/mol. The van der Waals surface area contributed by atoms with E-state index >= 15 is 0 Å². The topological polar surface area (TPSA) is 66.5 Å². The van der Waals surface area contributed by atoms with E-state index < -0.39 is 27.8 Å². The molecule has 0 radical (unpaired) electrons. The lowest BCUT2D eigenvalue weighted by Gasteiger charge is -2.23. The van der Waals surface area contributed by atoms with Crippen molar-refractivity contribution in [2.45, 2.75) is 23.8 Å². The number of amides is 1. The van der Waals surface area contributed by atoms with Crippen LogP contribution in [0.15, 0.2) is 53.4 Å². The van der Waals surface area contributed by atoms with Crippen LogP contribution in [0.25, 0.3) is 0 Å². The molecule has 25 heavy (non-hydrogen) atoms. The van der Waals surface area contributed by atoms with Crippen LogP contribution in [0.4, 0.5) is 10.1 Å². The summed E-state index contributed by atoms with van der Waals surface area (Å²) < 4.78 is 40.6. The van der Waals surface area contributed by atoms with E-state index in [-0.39, 0.29) is 22.2 Å². The Labute approximate surface area is 150 Å². The van der Waals surface area contributed by atoms with Crippen molar-refractivity contribution < 1.29 is 17.6 Å². The SMILES string of the molecule is O=C(Nc1ccc(Cl)cc1F)C1CCCN1S(=O)(=O)c1ccccc1. The van der Waals surface area contributed by atoms with E-state index in [0.717, 1.165) is 6.07 Å². The Kier molecular flexibility index (Phi) is 5.08. The molecule has 1 unspecified atom stereocenters. The highest BCUT2D eigenvalue weighted by Gasteiger charge is 2.39. The summed E-state index contributed by atoms with van der Waals surface area (Å²) in [6.45, 7) is 0.248. The largest absolute Gasteiger partial charge is 0.322 e. The Hall–Kier alpha value is -1.96. The van der Waals surface area contributed by atoms with Gasteiger partial charge in [0.25, 0.3) is 0 Å². The number of carbonyl (C=O) groups excluding carboxylic acids is 1. The zero-order valence-corrected chi connectivity index (χ0v) is 14.7. The van der Waals surface area contributed by atoms with Crippen LogP contribution in [-0.4, -0.2) is 31.2 Å². The minimum atomic E-state index is -3.78. The monoisotopic (exact) mass is 382 g/mol. The molecule has 1 N–H and O–H groups in total. The quantitative estimate of drug-likeness (QED) is 0.882. The summed E-state index contributed by atoms with van der Waals surface area (Å²) >= 11 is 5.69. The van der Waals surface area contributed by atoms with E-state index in [0.29, 0.717) is 12.8 Å². The molecule has 1 fully saturated rings. The summed E-state index contributed by atoms with van der Waals surface area (Å²) in [4.78, 5) is 12.7. The zero-order chi connectivity index (χ0) is 18.0. The molecule has 2 aromatic carbocycles. The van der Waals surface area contributed by atoms with Crippen molar-refractivity contribution >= 4 is 33.2 Å². The van der Waals surface area contributed by atoms with E-state index in [2.05, 4.69) is 5.32 Å². The molecule has 1 aliphatic heterocycles. The highest BCUT2D eigenvalue weighted by atomic mass is 35.5. The second kappa shape index (κ2) is 7.11. The molecule has 3 rings (SSSR count). The molecule has 0 bridgehead atoms. The minimum absolute atomic E-state index is 0.0293. The van der Waals surface area contributed by atoms with Gasteiger partial charge in [0.15, 0.2) is 0 Å². The van der Waals surface area contributed by atoms with Gasteiger partial charge in [-0.1, -0.05) is 29.8 Å². The lowest BCUT2D eigenvalue weighted by molar-refractivity contribution is -0.119. The first-order valence-corrected chi connectivity index (χ1v) is 9.54. The van der Waals surface area contributed by atoms with Gasteiger partial charge in [-0.2, -0.15) is 4.31 Å². The zero-order valence-electron chi connectivity index (χ0n) is 13.2. The maximum atomic E-state index is 13.9. The number of hydrogen-bond acceptors (Lipinski definition) is 3. The van der Waals surface area contributed by atoms with Gasteiger partial charge >= 0.3 is 0 Å². The number of nitrogens with one attached hydrogen (secondary N) is 1. The molecule has 132 valence electrons. The lowest BCUT2D eigenvalue weighted by atomic mass is 10.2. The number of rotatable bonds is 4. The van der Waals surface area contributed by atoms with Crippen LogP contribution >= 0.6 is 11.6 Å². The van der Waals surface area contributed by atoms with Crippen molar-refractivity contribution in [3.05, 3.63) is 59.4 Å². The summed E-state index contributed by atoms with van der Waals surface area (Å²) in [7, 11) is -3.78. The molecule has 1 amide bonds. The van der Waals surface area contributed by atoms with Crippen LogP contribution in [0, 0.1) is 5.82 Å². The molecule has 1 aliphatic rings. The molecule has 0 spiro atoms. The maximum Gasteiger partial charge on any atom is 0.243 e. The highest BCUT2D eigenvalue weighted by Crippen LogP contribution is 2.27. The Balaban J connectivity index is 1.83. The fraction of sp³-hybridized carbons (Fsp3) is 0.235. The third-order valence-corrected chi connectivity index (χ3v) is 6.20. The summed E-state index contributed by atoms with van der Waals surface area (Å²) in [5.74, 6) is -1.23. The normalized spacial score (nSPS) is 18.2. The molecule has 8 heteroatoms. The average Bonchev–Trinajstić information content (AvgIpc) is 3.09. The van der Waals surface area contributed by atoms with Crippen molar-refractivity contribution in [1.82, 2.24) is 4.31 Å². The van der Waals surface area contributed by atoms with Gasteiger partial charge in [-0.3, -0.25) is 4.79 Å². The minimum Gasteiger partial charge on any atom is -0.322 e. The van der Waals surface area contributed by atoms with Crippen LogP contribution < -0.4 is 5.32 Å². The standard InChI is InChI=1S/C17H16ClFN2O3S/c18-12-8-9-15(14(19)11-12)20-17(22)16-7-4-10-21(16)25(23,24)13-5-2-1-3-6-13/h1-3,5-6,8-9,11,16H,4,7,10H2,(H,20,22). The van der Waals surface area contributed by atoms with E-state index in [1.165, 1.54) is 28.6 Å². The molecule has 0 aliphatic carbocycles. The van der Waals surface area contributed by atoms with Crippen LogP contribution in [0.5, 0.6) is 0 Å². The smallest absolute Gasteiger partial charge is 0.243 e. The number of nitrogens with zero attached hydrogens (tertiary/aromatic N) is 1. The van der Waals surface area contributed by atoms with Gasteiger partial charge in [0.05, 0.1) is 10.6 Å². The number of halogens is 2. The lowest BCUT2D eigenvalue weighted by Crippen LogP contribution is -2.43. The number of sulfonamides is 1. The van der Waals surface area contributed by atoms with Crippen molar-refractivity contribution in [3.8, 4) is 0 Å². The number of anilines is 1. The Morgan fingerprint density at radius 2 is 1.92 bits per heavy atom. The Morgan fingerprint density at radius 3 is 2.60 bits per heavy atom. The van der Waals surface area contributed by atoms with Gasteiger partial charge in [0.2, 0.25) is 15.9 Å². The second-order valence-electron chi connectivity index (χ2n) is 5.70. The number of carbonyl (C=O) groups is 1. The van der Waals surface area contributed by atoms with Gasteiger partial charge in [-0.15, -0.1) is 0 Å². The fourth-order valence-electron chi connectivity index (χ4n) is 2.82. The molecule has 1 atom stereocenters. The van der Waals surface area contributed by atoms with Crippen LogP contribution in [0.3, 0.4) is 0 Å². The van der Waals surface area contributed by atoms with Crippen molar-refractivity contribution in [1.29, 1.82) is 0 Å². The third kappa shape index (κ3) is 3.68. The van der Waals surface area contributed by atoms with E-state index in [1.807, 2.05) is 0 Å². The second-order valence-corrected chi connectivity index (χ2v) is 8.03. The first-order chi connectivity index (χ1) is 11.9. The van der Waals surface area contributed by atoms with Crippen LogP contribution in [0.2, 0.25) is 5.02 Å². The van der Waals surface area contributed by atoms with Gasteiger partial charge in [0, 0.05) is 11.6 Å². The Bertz CT molecular complexity index is 890. The summed E-state index contributed by atoms with van der Waals surface area (Å²) in [5, 5.41) is 2.67. The third-order valence-electron chi connectivity index (χ3n) is 4.05. The van der Waals surface area contributed by atoms with Gasteiger partial charge in [0.1, 0.15) is 11.9 Å². The highest BCUT2D eigenvalue weighted by molar-refractivity contribution is 7.89. The van der Waals surface area contributed by atoms with Crippen molar-refractivity contribution in [2.75, 3.05) is 11.9 Å². The molecule has 5 nitrogen and oxygen atoms in total. The molecule has 1 saturated heterocycles. The number of hydrogen-bond donors (Lipinski definition) is 1. The average molecular weight is 383 g/mol. The molecule has 0 saturated carbocycles. The summed E-state index contributed by atoms with van der Waals surface area (Å²) in [6, 6.07) is 11.0. The first-order valence-electron chi connectivity index (χ1n) is 7.72. The Morgan fingerprint density at radius 1 is 1.20 bits per heavy atom. The van der Waals surface area contributed by atoms with E-state index in [9.17, 15) is 17.6 Å². The first kappa shape index (κ1) is 17.8.